The number of nitrogens with zero attached hydrogens (tertiary/aromatic N) is 2. The second-order valence-electron chi connectivity index (χ2n) is 6.39. The van der Waals surface area contributed by atoms with Crippen LogP contribution in [0.1, 0.15) is 11.6 Å². The van der Waals surface area contributed by atoms with Crippen LogP contribution in [0.5, 0.6) is 0 Å². The first-order chi connectivity index (χ1) is 12.5. The number of benzene rings is 1. The molecule has 1 heterocycles. The van der Waals surface area contributed by atoms with Crippen molar-refractivity contribution in [1.29, 1.82) is 0 Å². The molecule has 0 spiro atoms. The molecular formula is C19H27N3O4. The van der Waals surface area contributed by atoms with Crippen LogP contribution in [0, 0.1) is 0 Å². The van der Waals surface area contributed by atoms with Gasteiger partial charge in [-0.05, 0) is 19.7 Å². The van der Waals surface area contributed by atoms with Gasteiger partial charge in [0.2, 0.25) is 11.8 Å². The van der Waals surface area contributed by atoms with E-state index in [1.54, 1.807) is 4.90 Å². The van der Waals surface area contributed by atoms with Crippen LogP contribution in [0.3, 0.4) is 0 Å². The number of hydrogen-bond acceptors (Lipinski definition) is 5. The van der Waals surface area contributed by atoms with Crippen molar-refractivity contribution in [2.75, 3.05) is 46.9 Å². The number of rotatable bonds is 9. The fraction of sp³-hybridized carbons (Fsp3) is 0.474. The number of amides is 2. The highest BCUT2D eigenvalue weighted by molar-refractivity contribution is 5.88. The molecule has 26 heavy (non-hydrogen) atoms. The Morgan fingerprint density at radius 1 is 1.35 bits per heavy atom. The molecule has 1 aromatic rings. The third-order valence-electron chi connectivity index (χ3n) is 4.16. The van der Waals surface area contributed by atoms with Crippen molar-refractivity contribution >= 4 is 11.8 Å². The highest BCUT2D eigenvalue weighted by Gasteiger charge is 2.30. The SMILES string of the molecule is CN(C)C(C(=O)NCCOC1CN(C(=O)/C=C/CO)C1)c1ccccc1. The van der Waals surface area contributed by atoms with E-state index in [0.29, 0.717) is 26.2 Å². The largest absolute Gasteiger partial charge is 0.392 e. The summed E-state index contributed by atoms with van der Waals surface area (Å²) in [5.74, 6) is -0.187. The van der Waals surface area contributed by atoms with Crippen LogP contribution in [-0.2, 0) is 14.3 Å². The quantitative estimate of drug-likeness (QED) is 0.484. The van der Waals surface area contributed by atoms with Gasteiger partial charge in [0.1, 0.15) is 6.04 Å². The van der Waals surface area contributed by atoms with Crippen LogP contribution in [-0.4, -0.2) is 79.8 Å². The Morgan fingerprint density at radius 2 is 2.04 bits per heavy atom. The first-order valence-electron chi connectivity index (χ1n) is 8.70. The summed E-state index contributed by atoms with van der Waals surface area (Å²) in [4.78, 5) is 27.6. The highest BCUT2D eigenvalue weighted by Crippen LogP contribution is 2.17. The Labute approximate surface area is 154 Å². The molecule has 1 unspecified atom stereocenters. The fourth-order valence-electron chi connectivity index (χ4n) is 2.80. The van der Waals surface area contributed by atoms with Crippen molar-refractivity contribution in [2.45, 2.75) is 12.1 Å². The number of aliphatic hydroxyl groups is 1. The number of carbonyl (C=O) groups is 2. The molecule has 2 rings (SSSR count). The summed E-state index contributed by atoms with van der Waals surface area (Å²) >= 11 is 0. The maximum absolute atomic E-state index is 12.5. The smallest absolute Gasteiger partial charge is 0.246 e. The third-order valence-corrected chi connectivity index (χ3v) is 4.16. The summed E-state index contributed by atoms with van der Waals surface area (Å²) in [6.45, 7) is 1.75. The minimum atomic E-state index is -0.341. The zero-order valence-electron chi connectivity index (χ0n) is 15.3. The van der Waals surface area contributed by atoms with Gasteiger partial charge >= 0.3 is 0 Å². The molecule has 7 nitrogen and oxygen atoms in total. The molecule has 1 fully saturated rings. The molecule has 7 heteroatoms. The van der Waals surface area contributed by atoms with Crippen molar-refractivity contribution < 1.29 is 19.4 Å². The average Bonchev–Trinajstić information content (AvgIpc) is 2.58. The molecule has 1 saturated heterocycles. The van der Waals surface area contributed by atoms with Gasteiger partial charge in [0, 0.05) is 25.7 Å². The second kappa shape index (κ2) is 10.1. The maximum atomic E-state index is 12.5. The lowest BCUT2D eigenvalue weighted by Gasteiger charge is -2.38. The van der Waals surface area contributed by atoms with Gasteiger partial charge in [0.05, 0.1) is 19.3 Å². The number of carbonyl (C=O) groups excluding carboxylic acids is 2. The molecule has 2 N–H and O–H groups in total. The Morgan fingerprint density at radius 3 is 2.65 bits per heavy atom. The van der Waals surface area contributed by atoms with Gasteiger partial charge < -0.3 is 20.1 Å². The minimum absolute atomic E-state index is 0.00264. The molecule has 142 valence electrons. The van der Waals surface area contributed by atoms with Gasteiger partial charge in [0.15, 0.2) is 0 Å². The molecule has 0 aromatic heterocycles. The lowest BCUT2D eigenvalue weighted by atomic mass is 10.1. The second-order valence-corrected chi connectivity index (χ2v) is 6.39. The van der Waals surface area contributed by atoms with E-state index in [0.717, 1.165) is 5.56 Å². The summed E-state index contributed by atoms with van der Waals surface area (Å²) in [5, 5.41) is 11.6. The molecule has 0 radical (unpaired) electrons. The van der Waals surface area contributed by atoms with E-state index in [-0.39, 0.29) is 30.6 Å². The Balaban J connectivity index is 1.67. The van der Waals surface area contributed by atoms with Crippen LogP contribution in [0.15, 0.2) is 42.5 Å². The highest BCUT2D eigenvalue weighted by atomic mass is 16.5. The first kappa shape index (κ1) is 20.1. The number of likely N-dealkylation sites (tertiary alicyclic amines) is 1. The normalized spacial score (nSPS) is 15.9. The zero-order valence-corrected chi connectivity index (χ0v) is 15.3. The predicted molar refractivity (Wildman–Crippen MR) is 98.4 cm³/mol. The van der Waals surface area contributed by atoms with Crippen molar-refractivity contribution in [3.8, 4) is 0 Å². The first-order valence-corrected chi connectivity index (χ1v) is 8.70. The lowest BCUT2D eigenvalue weighted by Crippen LogP contribution is -2.54. The van der Waals surface area contributed by atoms with Crippen molar-refractivity contribution in [1.82, 2.24) is 15.1 Å². The number of ether oxygens (including phenoxy) is 1. The predicted octanol–water partition coefficient (Wildman–Crippen LogP) is 0.181. The number of nitrogens with one attached hydrogen (secondary N) is 1. The standard InChI is InChI=1S/C19H27N3O4/c1-21(2)18(15-7-4-3-5-8-15)19(25)20-10-12-26-16-13-22(14-16)17(24)9-6-11-23/h3-9,16,18,23H,10-14H2,1-2H3,(H,20,25)/b9-6+. The summed E-state index contributed by atoms with van der Waals surface area (Å²) in [6.07, 6.45) is 2.78. The van der Waals surface area contributed by atoms with Gasteiger partial charge in [-0.15, -0.1) is 0 Å². The van der Waals surface area contributed by atoms with Gasteiger partial charge in [0.25, 0.3) is 0 Å². The zero-order chi connectivity index (χ0) is 18.9. The van der Waals surface area contributed by atoms with Crippen LogP contribution >= 0.6 is 0 Å². The third kappa shape index (κ3) is 5.66. The van der Waals surface area contributed by atoms with Gasteiger partial charge in [-0.25, -0.2) is 0 Å². The summed E-state index contributed by atoms with van der Waals surface area (Å²) in [6, 6.07) is 9.29. The lowest BCUT2D eigenvalue weighted by molar-refractivity contribution is -0.139. The molecule has 0 aliphatic carbocycles. The summed E-state index contributed by atoms with van der Waals surface area (Å²) in [5.41, 5.74) is 0.944. The molecule has 0 saturated carbocycles. The topological polar surface area (TPSA) is 82.1 Å². The van der Waals surface area contributed by atoms with Crippen LogP contribution < -0.4 is 5.32 Å². The fourth-order valence-corrected chi connectivity index (χ4v) is 2.80. The van der Waals surface area contributed by atoms with E-state index in [2.05, 4.69) is 5.32 Å². The van der Waals surface area contributed by atoms with Gasteiger partial charge in [-0.3, -0.25) is 14.5 Å². The van der Waals surface area contributed by atoms with E-state index in [1.807, 2.05) is 49.3 Å². The monoisotopic (exact) mass is 361 g/mol. The summed E-state index contributed by atoms with van der Waals surface area (Å²) < 4.78 is 5.66. The van der Waals surface area contributed by atoms with E-state index < -0.39 is 0 Å². The van der Waals surface area contributed by atoms with E-state index in [4.69, 9.17) is 9.84 Å². The molecule has 0 bridgehead atoms. The number of likely N-dealkylation sites (N-methyl/N-ethyl adjacent to an activating group) is 1. The van der Waals surface area contributed by atoms with E-state index >= 15 is 0 Å². The number of hydrogen-bond donors (Lipinski definition) is 2. The van der Waals surface area contributed by atoms with Crippen molar-refractivity contribution in [3.63, 3.8) is 0 Å². The molecule has 2 amide bonds. The van der Waals surface area contributed by atoms with Crippen LogP contribution in [0.4, 0.5) is 0 Å². The molecule has 1 aliphatic rings. The minimum Gasteiger partial charge on any atom is -0.392 e. The molecule has 1 atom stereocenters. The molecular weight excluding hydrogens is 334 g/mol. The van der Waals surface area contributed by atoms with E-state index in [9.17, 15) is 9.59 Å². The van der Waals surface area contributed by atoms with E-state index in [1.165, 1.54) is 12.2 Å². The number of aliphatic hydroxyl groups excluding tert-OH is 1. The average molecular weight is 361 g/mol. The summed E-state index contributed by atoms with van der Waals surface area (Å²) in [7, 11) is 3.75. The van der Waals surface area contributed by atoms with Gasteiger partial charge in [-0.1, -0.05) is 36.4 Å². The van der Waals surface area contributed by atoms with Crippen molar-refractivity contribution in [3.05, 3.63) is 48.0 Å². The molecule has 1 aliphatic heterocycles. The Hall–Kier alpha value is -2.22. The van der Waals surface area contributed by atoms with Gasteiger partial charge in [-0.2, -0.15) is 0 Å². The maximum Gasteiger partial charge on any atom is 0.246 e. The van der Waals surface area contributed by atoms with Crippen LogP contribution in [0.2, 0.25) is 0 Å². The Kier molecular flexibility index (Phi) is 7.77. The molecule has 1 aromatic carbocycles. The van der Waals surface area contributed by atoms with Crippen molar-refractivity contribution in [2.24, 2.45) is 0 Å². The Bertz CT molecular complexity index is 612. The van der Waals surface area contributed by atoms with Crippen LogP contribution in [0.25, 0.3) is 0 Å².